The van der Waals surface area contributed by atoms with Crippen LogP contribution in [-0.2, 0) is 21.9 Å². The van der Waals surface area contributed by atoms with E-state index in [1.54, 1.807) is 18.3 Å². The van der Waals surface area contributed by atoms with Crippen LogP contribution in [0.15, 0.2) is 71.9 Å². The minimum absolute atomic E-state index is 0.0922. The molecule has 1 amide bonds. The fourth-order valence-corrected chi connectivity index (χ4v) is 5.57. The van der Waals surface area contributed by atoms with Gasteiger partial charge in [-0.1, -0.05) is 41.9 Å². The lowest BCUT2D eigenvalue weighted by molar-refractivity contribution is -0.126. The molecule has 7 nitrogen and oxygen atoms in total. The van der Waals surface area contributed by atoms with Gasteiger partial charge in [-0.15, -0.1) is 0 Å². The molecule has 2 aromatic carbocycles. The number of amides is 1. The number of imidazole rings is 1. The van der Waals surface area contributed by atoms with Crippen molar-refractivity contribution >= 4 is 27.5 Å². The number of carbonyl (C=O) groups is 1. The molecule has 1 N–H and O–H groups in total. The molecular weight excluding hydrogens is 448 g/mol. The van der Waals surface area contributed by atoms with Crippen molar-refractivity contribution in [3.8, 4) is 0 Å². The molecule has 0 radical (unpaired) electrons. The van der Waals surface area contributed by atoms with E-state index in [1.807, 2.05) is 48.1 Å². The number of sulfonamides is 1. The molecule has 3 aromatic rings. The van der Waals surface area contributed by atoms with E-state index in [-0.39, 0.29) is 22.8 Å². The third-order valence-electron chi connectivity index (χ3n) is 5.81. The third kappa shape index (κ3) is 4.72. The van der Waals surface area contributed by atoms with E-state index in [1.165, 1.54) is 16.4 Å². The molecule has 0 aliphatic carbocycles. The zero-order chi connectivity index (χ0) is 22.7. The number of rotatable bonds is 6. The normalized spacial score (nSPS) is 16.6. The van der Waals surface area contributed by atoms with E-state index in [0.29, 0.717) is 31.0 Å². The van der Waals surface area contributed by atoms with Crippen LogP contribution in [0.1, 0.15) is 30.3 Å². The SMILES string of the molecule is Cn1ccnc1C(NC(=O)C1CCN(S(=O)(=O)c2ccc(Cl)cc2)CC1)c1ccccc1. The van der Waals surface area contributed by atoms with Crippen LogP contribution in [0.2, 0.25) is 5.02 Å². The monoisotopic (exact) mass is 472 g/mol. The number of hydrogen-bond donors (Lipinski definition) is 1. The molecule has 0 saturated carbocycles. The summed E-state index contributed by atoms with van der Waals surface area (Å²) in [7, 11) is -1.71. The molecule has 9 heteroatoms. The van der Waals surface area contributed by atoms with Gasteiger partial charge < -0.3 is 9.88 Å². The molecule has 1 unspecified atom stereocenters. The van der Waals surface area contributed by atoms with Gasteiger partial charge in [0.2, 0.25) is 15.9 Å². The molecule has 0 spiro atoms. The minimum atomic E-state index is -3.61. The lowest BCUT2D eigenvalue weighted by Gasteiger charge is -2.31. The summed E-state index contributed by atoms with van der Waals surface area (Å²) in [6.45, 7) is 0.586. The Morgan fingerprint density at radius 2 is 1.75 bits per heavy atom. The van der Waals surface area contributed by atoms with Gasteiger partial charge in [-0.3, -0.25) is 4.79 Å². The summed E-state index contributed by atoms with van der Waals surface area (Å²) >= 11 is 5.88. The Kier molecular flexibility index (Phi) is 6.64. The van der Waals surface area contributed by atoms with Crippen molar-refractivity contribution < 1.29 is 13.2 Å². The summed E-state index contributed by atoms with van der Waals surface area (Å²) in [4.78, 5) is 17.8. The fourth-order valence-electron chi connectivity index (χ4n) is 3.97. The lowest BCUT2D eigenvalue weighted by Crippen LogP contribution is -2.44. The van der Waals surface area contributed by atoms with Crippen LogP contribution in [-0.4, -0.2) is 41.3 Å². The molecule has 2 heterocycles. The minimum Gasteiger partial charge on any atom is -0.342 e. The van der Waals surface area contributed by atoms with Gasteiger partial charge in [0.15, 0.2) is 0 Å². The highest BCUT2D eigenvalue weighted by atomic mass is 35.5. The van der Waals surface area contributed by atoms with Crippen molar-refractivity contribution in [3.05, 3.63) is 83.4 Å². The van der Waals surface area contributed by atoms with Crippen LogP contribution in [0.3, 0.4) is 0 Å². The Morgan fingerprint density at radius 3 is 2.34 bits per heavy atom. The van der Waals surface area contributed by atoms with Gasteiger partial charge in [0.25, 0.3) is 0 Å². The first-order valence-electron chi connectivity index (χ1n) is 10.4. The first-order chi connectivity index (χ1) is 15.4. The summed E-state index contributed by atoms with van der Waals surface area (Å²) in [5, 5.41) is 3.62. The van der Waals surface area contributed by atoms with Gasteiger partial charge in [-0.25, -0.2) is 13.4 Å². The number of piperidine rings is 1. The van der Waals surface area contributed by atoms with E-state index in [4.69, 9.17) is 11.6 Å². The molecule has 32 heavy (non-hydrogen) atoms. The Labute approximate surface area is 193 Å². The summed E-state index contributed by atoms with van der Waals surface area (Å²) in [5.74, 6) is 0.385. The molecule has 1 aromatic heterocycles. The Balaban J connectivity index is 1.44. The molecule has 1 atom stereocenters. The maximum absolute atomic E-state index is 13.1. The second-order valence-corrected chi connectivity index (χ2v) is 10.3. The number of hydrogen-bond acceptors (Lipinski definition) is 4. The van der Waals surface area contributed by atoms with Crippen LogP contribution in [0.25, 0.3) is 0 Å². The number of halogens is 1. The number of carbonyl (C=O) groups excluding carboxylic acids is 1. The van der Waals surface area contributed by atoms with Crippen molar-refractivity contribution in [3.63, 3.8) is 0 Å². The maximum Gasteiger partial charge on any atom is 0.243 e. The zero-order valence-electron chi connectivity index (χ0n) is 17.7. The highest BCUT2D eigenvalue weighted by Crippen LogP contribution is 2.27. The Bertz CT molecular complexity index is 1170. The summed E-state index contributed by atoms with van der Waals surface area (Å²) in [6, 6.07) is 15.5. The number of aryl methyl sites for hydroxylation is 1. The predicted molar refractivity (Wildman–Crippen MR) is 123 cm³/mol. The van der Waals surface area contributed by atoms with Crippen molar-refractivity contribution in [1.29, 1.82) is 0 Å². The highest BCUT2D eigenvalue weighted by molar-refractivity contribution is 7.89. The third-order valence-corrected chi connectivity index (χ3v) is 7.98. The van der Waals surface area contributed by atoms with Gasteiger partial charge in [0.05, 0.1) is 4.90 Å². The van der Waals surface area contributed by atoms with Crippen LogP contribution in [0.4, 0.5) is 0 Å². The van der Waals surface area contributed by atoms with Crippen molar-refractivity contribution in [2.75, 3.05) is 13.1 Å². The van der Waals surface area contributed by atoms with E-state index in [0.717, 1.165) is 11.4 Å². The lowest BCUT2D eigenvalue weighted by atomic mass is 9.96. The average molecular weight is 473 g/mol. The summed E-state index contributed by atoms with van der Waals surface area (Å²) in [5.41, 5.74) is 0.943. The van der Waals surface area contributed by atoms with E-state index in [9.17, 15) is 13.2 Å². The van der Waals surface area contributed by atoms with E-state index in [2.05, 4.69) is 10.3 Å². The van der Waals surface area contributed by atoms with E-state index >= 15 is 0 Å². The fraction of sp³-hybridized carbons (Fsp3) is 0.304. The standard InChI is InChI=1S/C23H25ClN4O3S/c1-27-16-13-25-22(27)21(17-5-3-2-4-6-17)26-23(29)18-11-14-28(15-12-18)32(30,31)20-9-7-19(24)8-10-20/h2-10,13,16,18,21H,11-12,14-15H2,1H3,(H,26,29). The van der Waals surface area contributed by atoms with Crippen molar-refractivity contribution in [2.24, 2.45) is 13.0 Å². The first-order valence-corrected chi connectivity index (χ1v) is 12.3. The maximum atomic E-state index is 13.1. The van der Waals surface area contributed by atoms with Crippen LogP contribution < -0.4 is 5.32 Å². The average Bonchev–Trinajstić information content (AvgIpc) is 3.23. The smallest absolute Gasteiger partial charge is 0.243 e. The molecular formula is C23H25ClN4O3S. The van der Waals surface area contributed by atoms with Gasteiger partial charge in [0.1, 0.15) is 11.9 Å². The number of nitrogens with zero attached hydrogens (tertiary/aromatic N) is 3. The molecule has 1 fully saturated rings. The zero-order valence-corrected chi connectivity index (χ0v) is 19.3. The number of aromatic nitrogens is 2. The summed E-state index contributed by atoms with van der Waals surface area (Å²) < 4.78 is 29.1. The van der Waals surface area contributed by atoms with Crippen LogP contribution >= 0.6 is 11.6 Å². The quantitative estimate of drug-likeness (QED) is 0.596. The molecule has 4 rings (SSSR count). The molecule has 1 aliphatic rings. The molecule has 168 valence electrons. The Morgan fingerprint density at radius 1 is 1.09 bits per heavy atom. The van der Waals surface area contributed by atoms with Crippen molar-refractivity contribution in [1.82, 2.24) is 19.2 Å². The second kappa shape index (κ2) is 9.44. The van der Waals surface area contributed by atoms with Crippen LogP contribution in [0, 0.1) is 5.92 Å². The number of nitrogens with one attached hydrogen (secondary N) is 1. The van der Waals surface area contributed by atoms with E-state index < -0.39 is 10.0 Å². The van der Waals surface area contributed by atoms with Crippen LogP contribution in [0.5, 0.6) is 0 Å². The predicted octanol–water partition coefficient (Wildman–Crippen LogP) is 3.38. The highest BCUT2D eigenvalue weighted by Gasteiger charge is 2.33. The first kappa shape index (κ1) is 22.5. The summed E-state index contributed by atoms with van der Waals surface area (Å²) in [6.07, 6.45) is 4.47. The molecule has 1 saturated heterocycles. The van der Waals surface area contributed by atoms with Gasteiger partial charge in [-0.05, 0) is 42.7 Å². The second-order valence-electron chi connectivity index (χ2n) is 7.88. The Hall–Kier alpha value is -2.68. The van der Waals surface area contributed by atoms with Gasteiger partial charge >= 0.3 is 0 Å². The van der Waals surface area contributed by atoms with Gasteiger partial charge in [-0.2, -0.15) is 4.31 Å². The number of benzene rings is 2. The van der Waals surface area contributed by atoms with Gasteiger partial charge in [0, 0.05) is 43.5 Å². The largest absolute Gasteiger partial charge is 0.342 e. The topological polar surface area (TPSA) is 84.3 Å². The molecule has 1 aliphatic heterocycles. The molecule has 0 bridgehead atoms. The van der Waals surface area contributed by atoms with Crippen molar-refractivity contribution in [2.45, 2.75) is 23.8 Å².